The predicted octanol–water partition coefficient (Wildman–Crippen LogP) is 0.806. The van der Waals surface area contributed by atoms with E-state index in [1.165, 1.54) is 37.7 Å². The molecule has 3 heterocycles. The van der Waals surface area contributed by atoms with Crippen LogP contribution in [-0.4, -0.2) is 56.7 Å². The minimum Gasteiger partial charge on any atom is -0.480 e. The third kappa shape index (κ3) is 3.47. The van der Waals surface area contributed by atoms with Crippen molar-refractivity contribution in [3.8, 4) is 5.88 Å². The minimum atomic E-state index is -1.34. The smallest absolute Gasteiger partial charge is 0.275 e. The predicted molar refractivity (Wildman–Crippen MR) is 104 cm³/mol. The molecule has 1 fully saturated rings. The molecule has 0 bridgehead atoms. The van der Waals surface area contributed by atoms with Crippen LogP contribution in [0.25, 0.3) is 0 Å². The van der Waals surface area contributed by atoms with Crippen LogP contribution in [0.15, 0.2) is 35.6 Å². The first-order valence-electron chi connectivity index (χ1n) is 8.70. The van der Waals surface area contributed by atoms with Gasteiger partial charge in [-0.25, -0.2) is 14.4 Å². The number of aromatic nitrogens is 2. The van der Waals surface area contributed by atoms with Gasteiger partial charge in [-0.1, -0.05) is 0 Å². The first-order valence-corrected chi connectivity index (χ1v) is 10.0. The molecule has 4 rings (SSSR count). The van der Waals surface area contributed by atoms with Gasteiger partial charge < -0.3 is 20.5 Å². The van der Waals surface area contributed by atoms with Crippen LogP contribution in [-0.2, 0) is 15.5 Å². The highest BCUT2D eigenvalue weighted by molar-refractivity contribution is 7.87. The van der Waals surface area contributed by atoms with Crippen molar-refractivity contribution in [2.24, 2.45) is 10.7 Å². The number of benzene rings is 1. The zero-order valence-corrected chi connectivity index (χ0v) is 16.2. The molecule has 0 aliphatic carbocycles. The Morgan fingerprint density at radius 1 is 1.38 bits per heavy atom. The number of nitrogens with two attached hydrogens (primary N) is 1. The van der Waals surface area contributed by atoms with Crippen LogP contribution >= 0.6 is 0 Å². The third-order valence-corrected chi connectivity index (χ3v) is 6.79. The molecule has 2 atom stereocenters. The van der Waals surface area contributed by atoms with Gasteiger partial charge in [-0.05, 0) is 18.2 Å². The van der Waals surface area contributed by atoms with E-state index in [1.807, 2.05) is 0 Å². The lowest BCUT2D eigenvalue weighted by Crippen LogP contribution is -2.64. The molecule has 11 heteroatoms. The molecule has 0 radical (unpaired) electrons. The number of halogens is 1. The lowest BCUT2D eigenvalue weighted by atomic mass is 10.0. The fourth-order valence-corrected chi connectivity index (χ4v) is 4.65. The number of amidine groups is 1. The molecule has 1 aromatic heterocycles. The summed E-state index contributed by atoms with van der Waals surface area (Å²) in [5.74, 6) is -0.422. The number of aliphatic imine (C=N–C) groups is 1. The van der Waals surface area contributed by atoms with Gasteiger partial charge in [0.15, 0.2) is 0 Å². The van der Waals surface area contributed by atoms with Gasteiger partial charge in [0.05, 0.1) is 44.5 Å². The van der Waals surface area contributed by atoms with E-state index < -0.39 is 33.3 Å². The second-order valence-corrected chi connectivity index (χ2v) is 8.47. The van der Waals surface area contributed by atoms with E-state index in [4.69, 9.17) is 15.2 Å². The topological polar surface area (TPSA) is 129 Å². The molecule has 0 saturated carbocycles. The van der Waals surface area contributed by atoms with E-state index in [0.717, 1.165) is 0 Å². The van der Waals surface area contributed by atoms with Gasteiger partial charge in [-0.3, -0.25) is 14.0 Å². The summed E-state index contributed by atoms with van der Waals surface area (Å²) >= 11 is 0. The number of methoxy groups -OCH3 is 1. The molecule has 9 nitrogen and oxygen atoms in total. The monoisotopic (exact) mass is 419 g/mol. The van der Waals surface area contributed by atoms with Crippen LogP contribution in [0.2, 0.25) is 0 Å². The molecule has 1 spiro atoms. The number of carbonyl (C=O) groups is 1. The van der Waals surface area contributed by atoms with E-state index in [1.54, 1.807) is 0 Å². The SMILES string of the molecule is COc1cnc(C(=O)Nc2ccc(F)c(C3CS(=O)C4(COC4)C(N)=N3)c2)cn1. The highest BCUT2D eigenvalue weighted by Gasteiger charge is 2.51. The van der Waals surface area contributed by atoms with Gasteiger partial charge in [0.1, 0.15) is 22.1 Å². The van der Waals surface area contributed by atoms with Gasteiger partial charge in [0, 0.05) is 22.1 Å². The number of rotatable bonds is 4. The normalized spacial score (nSPS) is 22.5. The zero-order valence-electron chi connectivity index (χ0n) is 15.4. The summed E-state index contributed by atoms with van der Waals surface area (Å²) in [5.41, 5.74) is 6.64. The Labute approximate surface area is 168 Å². The number of carbonyl (C=O) groups excluding carboxylic acids is 1. The number of nitrogens with one attached hydrogen (secondary N) is 1. The molecule has 1 aromatic carbocycles. The average Bonchev–Trinajstić information content (AvgIpc) is 2.68. The van der Waals surface area contributed by atoms with E-state index in [-0.39, 0.29) is 41.9 Å². The molecule has 152 valence electrons. The molecular formula is C18H18FN5O4S. The van der Waals surface area contributed by atoms with E-state index in [2.05, 4.69) is 20.3 Å². The fourth-order valence-electron chi connectivity index (χ4n) is 3.08. The summed E-state index contributed by atoms with van der Waals surface area (Å²) in [4.78, 5) is 24.6. The molecular weight excluding hydrogens is 401 g/mol. The van der Waals surface area contributed by atoms with Gasteiger partial charge in [-0.15, -0.1) is 0 Å². The number of nitrogens with zero attached hydrogens (tertiary/aromatic N) is 3. The van der Waals surface area contributed by atoms with E-state index in [9.17, 15) is 13.4 Å². The summed E-state index contributed by atoms with van der Waals surface area (Å²) in [6, 6.07) is 3.38. The summed E-state index contributed by atoms with van der Waals surface area (Å²) in [6.07, 6.45) is 2.59. The minimum absolute atomic E-state index is 0.0737. The first-order chi connectivity index (χ1) is 13.9. The van der Waals surface area contributed by atoms with Gasteiger partial charge >= 0.3 is 0 Å². The molecule has 1 saturated heterocycles. The van der Waals surface area contributed by atoms with Gasteiger partial charge in [0.2, 0.25) is 5.88 Å². The van der Waals surface area contributed by atoms with Crippen molar-refractivity contribution >= 4 is 28.2 Å². The maximum atomic E-state index is 14.5. The second-order valence-electron chi connectivity index (χ2n) is 6.66. The number of hydrogen-bond donors (Lipinski definition) is 2. The molecule has 1 amide bonds. The number of ether oxygens (including phenoxy) is 2. The Morgan fingerprint density at radius 3 is 2.76 bits per heavy atom. The number of hydrogen-bond acceptors (Lipinski definition) is 8. The third-order valence-electron chi connectivity index (χ3n) is 4.86. The Morgan fingerprint density at radius 2 is 2.17 bits per heavy atom. The second kappa shape index (κ2) is 7.48. The van der Waals surface area contributed by atoms with Crippen LogP contribution in [0.1, 0.15) is 22.1 Å². The molecule has 3 N–H and O–H groups in total. The Kier molecular flexibility index (Phi) is 5.01. The van der Waals surface area contributed by atoms with E-state index >= 15 is 0 Å². The van der Waals surface area contributed by atoms with E-state index in [0.29, 0.717) is 5.69 Å². The summed E-state index contributed by atoms with van der Waals surface area (Å²) < 4.78 is 36.4. The molecule has 2 unspecified atom stereocenters. The quantitative estimate of drug-likeness (QED) is 0.750. The molecule has 2 aromatic rings. The Balaban J connectivity index is 1.56. The lowest BCUT2D eigenvalue weighted by molar-refractivity contribution is 0.0176. The number of amides is 1. The maximum Gasteiger partial charge on any atom is 0.275 e. The van der Waals surface area contributed by atoms with Crippen LogP contribution in [0.4, 0.5) is 10.1 Å². The number of anilines is 1. The lowest BCUT2D eigenvalue weighted by Gasteiger charge is -2.43. The molecule has 2 aliphatic heterocycles. The van der Waals surface area contributed by atoms with Crippen molar-refractivity contribution in [2.75, 3.05) is 31.4 Å². The fraction of sp³-hybridized carbons (Fsp3) is 0.333. The Hall–Kier alpha value is -2.92. The Bertz CT molecular complexity index is 1010. The van der Waals surface area contributed by atoms with Crippen molar-refractivity contribution in [3.05, 3.63) is 47.7 Å². The van der Waals surface area contributed by atoms with Crippen LogP contribution < -0.4 is 15.8 Å². The highest BCUT2D eigenvalue weighted by atomic mass is 32.2. The average molecular weight is 419 g/mol. The molecule has 2 aliphatic rings. The summed E-state index contributed by atoms with van der Waals surface area (Å²) in [6.45, 7) is 0.506. The van der Waals surface area contributed by atoms with Crippen molar-refractivity contribution in [2.45, 2.75) is 10.8 Å². The van der Waals surface area contributed by atoms with Crippen molar-refractivity contribution in [1.29, 1.82) is 0 Å². The van der Waals surface area contributed by atoms with Crippen LogP contribution in [0, 0.1) is 5.82 Å². The van der Waals surface area contributed by atoms with Crippen molar-refractivity contribution in [3.63, 3.8) is 0 Å². The van der Waals surface area contributed by atoms with Crippen molar-refractivity contribution < 1.29 is 22.9 Å². The molecule has 29 heavy (non-hydrogen) atoms. The largest absolute Gasteiger partial charge is 0.480 e. The highest BCUT2D eigenvalue weighted by Crippen LogP contribution is 2.35. The maximum absolute atomic E-state index is 14.5. The summed E-state index contributed by atoms with van der Waals surface area (Å²) in [5, 5.41) is 2.64. The van der Waals surface area contributed by atoms with Crippen LogP contribution in [0.3, 0.4) is 0 Å². The summed E-state index contributed by atoms with van der Waals surface area (Å²) in [7, 11) is 0.101. The first kappa shape index (κ1) is 19.4. The van der Waals surface area contributed by atoms with Crippen LogP contribution in [0.5, 0.6) is 5.88 Å². The zero-order chi connectivity index (χ0) is 20.6. The van der Waals surface area contributed by atoms with Crippen molar-refractivity contribution in [1.82, 2.24) is 9.97 Å². The standard InChI is InChI=1S/C18H18FN5O4S/c1-27-15-6-21-13(5-22-15)16(25)23-10-2-3-12(19)11(4-10)14-7-29(26)18(8-28-9-18)17(20)24-14/h2-6,14H,7-9H2,1H3,(H2,20,24)(H,23,25). The van der Waals surface area contributed by atoms with Gasteiger partial charge in [0.25, 0.3) is 5.91 Å². The van der Waals surface area contributed by atoms with Gasteiger partial charge in [-0.2, -0.15) is 0 Å².